The summed E-state index contributed by atoms with van der Waals surface area (Å²) < 4.78 is 15.5. The van der Waals surface area contributed by atoms with Crippen molar-refractivity contribution in [1.82, 2.24) is 9.71 Å². The van der Waals surface area contributed by atoms with Crippen LogP contribution in [0.1, 0.15) is 36.5 Å². The fraction of sp³-hybridized carbons (Fsp3) is 0.273. The topological polar surface area (TPSA) is 44.9 Å². The first-order valence-corrected chi connectivity index (χ1v) is 10.2. The van der Waals surface area contributed by atoms with Crippen molar-refractivity contribution in [3.63, 3.8) is 0 Å². The van der Waals surface area contributed by atoms with E-state index in [1.54, 1.807) is 0 Å². The molecule has 134 valence electrons. The predicted octanol–water partition coefficient (Wildman–Crippen LogP) is 5.23. The van der Waals surface area contributed by atoms with Gasteiger partial charge in [-0.15, -0.1) is 0 Å². The molecule has 1 aromatic heterocycles. The van der Waals surface area contributed by atoms with Crippen LogP contribution in [0.25, 0.3) is 28.1 Å². The van der Waals surface area contributed by atoms with E-state index in [0.717, 1.165) is 28.8 Å². The van der Waals surface area contributed by atoms with Gasteiger partial charge in [-0.2, -0.15) is 0 Å². The molecule has 1 heterocycles. The molecule has 26 heavy (non-hydrogen) atoms. The highest BCUT2D eigenvalue weighted by molar-refractivity contribution is 7.87. The molecule has 0 spiro atoms. The molecule has 1 atom stereocenters. The number of allylic oxidation sites excluding steroid dienone is 1. The lowest BCUT2D eigenvalue weighted by molar-refractivity contribution is 0.676. The normalized spacial score (nSPS) is 16.2. The van der Waals surface area contributed by atoms with Crippen LogP contribution in [0.2, 0.25) is 0 Å². The fourth-order valence-corrected chi connectivity index (χ4v) is 4.20. The van der Waals surface area contributed by atoms with Crippen LogP contribution < -0.4 is 4.72 Å². The maximum Gasteiger partial charge on any atom is 0.120 e. The van der Waals surface area contributed by atoms with Gasteiger partial charge in [-0.1, -0.05) is 18.2 Å². The summed E-state index contributed by atoms with van der Waals surface area (Å²) in [5.41, 5.74) is 7.19. The SMILES string of the molecule is C/C(=C\c1cc(C)c(-c2ccc3[nH]ccc3c2)cc1C)S(=O)NC1CC1. The lowest BCUT2D eigenvalue weighted by atomic mass is 9.94. The van der Waals surface area contributed by atoms with E-state index in [2.05, 4.69) is 60.0 Å². The number of benzene rings is 2. The maximum atomic E-state index is 12.3. The van der Waals surface area contributed by atoms with Crippen LogP contribution in [0, 0.1) is 13.8 Å². The average molecular weight is 365 g/mol. The summed E-state index contributed by atoms with van der Waals surface area (Å²) in [4.78, 5) is 4.12. The summed E-state index contributed by atoms with van der Waals surface area (Å²) in [6.07, 6.45) is 6.29. The Bertz CT molecular complexity index is 1030. The van der Waals surface area contributed by atoms with Gasteiger partial charge in [0.2, 0.25) is 0 Å². The first kappa shape index (κ1) is 17.3. The molecule has 4 heteroatoms. The van der Waals surface area contributed by atoms with Crippen LogP contribution in [0.5, 0.6) is 0 Å². The smallest absolute Gasteiger partial charge is 0.120 e. The Kier molecular flexibility index (Phi) is 4.55. The Morgan fingerprint density at radius 3 is 2.73 bits per heavy atom. The zero-order valence-corrected chi connectivity index (χ0v) is 16.2. The highest BCUT2D eigenvalue weighted by Gasteiger charge is 2.23. The largest absolute Gasteiger partial charge is 0.361 e. The molecule has 1 aliphatic carbocycles. The maximum absolute atomic E-state index is 12.3. The summed E-state index contributed by atoms with van der Waals surface area (Å²) in [6.45, 7) is 6.20. The van der Waals surface area contributed by atoms with Crippen molar-refractivity contribution in [1.29, 1.82) is 0 Å². The molecule has 1 unspecified atom stereocenters. The second-order valence-corrected chi connectivity index (χ2v) is 8.64. The molecule has 0 radical (unpaired) electrons. The second kappa shape index (κ2) is 6.86. The molecule has 1 aliphatic rings. The first-order valence-electron chi connectivity index (χ1n) is 9.06. The predicted molar refractivity (Wildman–Crippen MR) is 111 cm³/mol. The second-order valence-electron chi connectivity index (χ2n) is 7.22. The molecule has 2 aromatic carbocycles. The third-order valence-corrected chi connectivity index (χ3v) is 6.23. The number of hydrogen-bond donors (Lipinski definition) is 2. The number of aryl methyl sites for hydroxylation is 2. The number of aromatic nitrogens is 1. The monoisotopic (exact) mass is 364 g/mol. The lowest BCUT2D eigenvalue weighted by Gasteiger charge is -2.12. The minimum absolute atomic E-state index is 0.438. The zero-order chi connectivity index (χ0) is 18.3. The van der Waals surface area contributed by atoms with E-state index in [-0.39, 0.29) is 0 Å². The number of nitrogens with one attached hydrogen (secondary N) is 2. The Hall–Kier alpha value is -2.17. The van der Waals surface area contributed by atoms with Gasteiger partial charge >= 0.3 is 0 Å². The van der Waals surface area contributed by atoms with Gasteiger partial charge in [-0.3, -0.25) is 0 Å². The standard InChI is InChI=1S/C22H24N2OS/c1-14-11-21(17-4-7-22-18(13-17)8-9-23-22)15(2)10-19(14)12-16(3)26(25)24-20-5-6-20/h4,7-13,20,23-24H,5-6H2,1-3H3/b16-12+. The molecular formula is C22H24N2OS. The van der Waals surface area contributed by atoms with Crippen molar-refractivity contribution >= 4 is 28.0 Å². The molecule has 0 amide bonds. The third-order valence-electron chi connectivity index (χ3n) is 4.98. The first-order chi connectivity index (χ1) is 12.5. The van der Waals surface area contributed by atoms with Crippen molar-refractivity contribution < 1.29 is 4.21 Å². The van der Waals surface area contributed by atoms with Gasteiger partial charge in [0, 0.05) is 22.7 Å². The van der Waals surface area contributed by atoms with E-state index in [1.165, 1.54) is 27.6 Å². The van der Waals surface area contributed by atoms with Gasteiger partial charge in [-0.25, -0.2) is 8.93 Å². The Balaban J connectivity index is 1.66. The highest BCUT2D eigenvalue weighted by Crippen LogP contribution is 2.30. The molecule has 4 rings (SSSR count). The molecule has 0 aliphatic heterocycles. The minimum Gasteiger partial charge on any atom is -0.361 e. The van der Waals surface area contributed by atoms with Crippen LogP contribution in [-0.2, 0) is 11.0 Å². The van der Waals surface area contributed by atoms with Gasteiger partial charge < -0.3 is 4.98 Å². The molecule has 0 saturated heterocycles. The fourth-order valence-electron chi connectivity index (χ4n) is 3.24. The van der Waals surface area contributed by atoms with E-state index >= 15 is 0 Å². The van der Waals surface area contributed by atoms with Crippen molar-refractivity contribution in [2.45, 2.75) is 39.7 Å². The molecule has 3 nitrogen and oxygen atoms in total. The highest BCUT2D eigenvalue weighted by atomic mass is 32.2. The summed E-state index contributed by atoms with van der Waals surface area (Å²) in [6, 6.07) is 13.5. The zero-order valence-electron chi connectivity index (χ0n) is 15.4. The summed E-state index contributed by atoms with van der Waals surface area (Å²) in [5, 5.41) is 1.22. The van der Waals surface area contributed by atoms with Crippen molar-refractivity contribution in [3.05, 3.63) is 64.2 Å². The van der Waals surface area contributed by atoms with Crippen LogP contribution in [0.4, 0.5) is 0 Å². The number of rotatable bonds is 5. The number of hydrogen-bond acceptors (Lipinski definition) is 1. The van der Waals surface area contributed by atoms with Crippen LogP contribution in [0.3, 0.4) is 0 Å². The summed E-state index contributed by atoms with van der Waals surface area (Å²) in [7, 11) is -1.09. The molecule has 3 aromatic rings. The van der Waals surface area contributed by atoms with Gasteiger partial charge in [0.25, 0.3) is 0 Å². The third kappa shape index (κ3) is 3.53. The summed E-state index contributed by atoms with van der Waals surface area (Å²) in [5.74, 6) is 0. The minimum atomic E-state index is -1.09. The number of H-pyrrole nitrogens is 1. The Morgan fingerprint density at radius 2 is 1.96 bits per heavy atom. The van der Waals surface area contributed by atoms with Crippen LogP contribution in [0.15, 0.2) is 47.5 Å². The van der Waals surface area contributed by atoms with Crippen LogP contribution >= 0.6 is 0 Å². The van der Waals surface area contributed by atoms with Gasteiger partial charge in [0.1, 0.15) is 11.0 Å². The van der Waals surface area contributed by atoms with Crippen LogP contribution in [-0.4, -0.2) is 15.2 Å². The van der Waals surface area contributed by atoms with Gasteiger partial charge in [-0.05, 0) is 91.1 Å². The Labute approximate surface area is 157 Å². The number of aromatic amines is 1. The van der Waals surface area contributed by atoms with Crippen molar-refractivity contribution in [2.75, 3.05) is 0 Å². The Morgan fingerprint density at radius 1 is 1.15 bits per heavy atom. The number of fused-ring (bicyclic) bond motifs is 1. The molecule has 0 bridgehead atoms. The van der Waals surface area contributed by atoms with E-state index in [4.69, 9.17) is 0 Å². The van der Waals surface area contributed by atoms with E-state index in [0.29, 0.717) is 6.04 Å². The van der Waals surface area contributed by atoms with Gasteiger partial charge in [0.15, 0.2) is 0 Å². The molecule has 1 saturated carbocycles. The van der Waals surface area contributed by atoms with Crippen molar-refractivity contribution in [3.8, 4) is 11.1 Å². The van der Waals surface area contributed by atoms with E-state index < -0.39 is 11.0 Å². The quantitative estimate of drug-likeness (QED) is 0.640. The molecular weight excluding hydrogens is 340 g/mol. The average Bonchev–Trinajstić information content (AvgIpc) is 3.30. The van der Waals surface area contributed by atoms with Crippen molar-refractivity contribution in [2.24, 2.45) is 0 Å². The summed E-state index contributed by atoms with van der Waals surface area (Å²) >= 11 is 0. The molecule has 2 N–H and O–H groups in total. The lowest BCUT2D eigenvalue weighted by Crippen LogP contribution is -2.19. The van der Waals surface area contributed by atoms with Gasteiger partial charge in [0.05, 0.1) is 0 Å². The molecule has 1 fully saturated rings. The van der Waals surface area contributed by atoms with E-state index in [9.17, 15) is 4.21 Å². The van der Waals surface area contributed by atoms with E-state index in [1.807, 2.05) is 19.2 Å².